The zero-order chi connectivity index (χ0) is 11.8. The molecule has 2 amide bonds. The number of allylic oxidation sites excluding steroid dienone is 2. The summed E-state index contributed by atoms with van der Waals surface area (Å²) in [6.07, 6.45) is 4.64. The maximum atomic E-state index is 11.7. The first-order chi connectivity index (χ1) is 7.61. The van der Waals surface area contributed by atoms with Crippen LogP contribution in [0.15, 0.2) is 24.5 Å². The molecule has 3 aliphatic rings. The van der Waals surface area contributed by atoms with Crippen LogP contribution in [0.4, 0.5) is 0 Å². The smallest absolute Gasteiger partial charge is 0.236 e. The second-order valence-corrected chi connectivity index (χ2v) is 4.39. The molecule has 0 aromatic heterocycles. The average molecular weight is 221 g/mol. The van der Waals surface area contributed by atoms with E-state index < -0.39 is 5.41 Å². The minimum atomic E-state index is -0.490. The summed E-state index contributed by atoms with van der Waals surface area (Å²) in [5.41, 5.74) is -0.490. The zero-order valence-corrected chi connectivity index (χ0v) is 9.29. The monoisotopic (exact) mass is 221 g/mol. The van der Waals surface area contributed by atoms with Crippen LogP contribution in [0.2, 0.25) is 0 Å². The number of hydrogen-bond donors (Lipinski definition) is 1. The molecule has 0 unspecified atom stereocenters. The lowest BCUT2D eigenvalue weighted by Gasteiger charge is -2.48. The molecule has 86 valence electrons. The Bertz CT molecular complexity index is 378. The van der Waals surface area contributed by atoms with Gasteiger partial charge in [0.25, 0.3) is 0 Å². The van der Waals surface area contributed by atoms with Crippen molar-refractivity contribution in [3.63, 3.8) is 0 Å². The quantitative estimate of drug-likeness (QED) is 0.440. The molecular formula is C12H15NO3. The highest BCUT2D eigenvalue weighted by Gasteiger charge is 2.58. The molecule has 3 rings (SSSR count). The van der Waals surface area contributed by atoms with Crippen LogP contribution >= 0.6 is 0 Å². The third-order valence-corrected chi connectivity index (χ3v) is 3.36. The molecule has 4 nitrogen and oxygen atoms in total. The Balaban J connectivity index is 1.99. The van der Waals surface area contributed by atoms with Crippen molar-refractivity contribution in [1.82, 2.24) is 5.32 Å². The molecule has 1 saturated carbocycles. The number of ether oxygens (including phenoxy) is 1. The highest BCUT2D eigenvalue weighted by Crippen LogP contribution is 2.49. The molecule has 2 heterocycles. The Morgan fingerprint density at radius 3 is 2.81 bits per heavy atom. The molecule has 4 heteroatoms. The Morgan fingerprint density at radius 2 is 2.31 bits per heavy atom. The molecule has 0 atom stereocenters. The number of piperidine rings is 2. The van der Waals surface area contributed by atoms with Crippen LogP contribution in [0.3, 0.4) is 0 Å². The van der Waals surface area contributed by atoms with E-state index in [1.165, 1.54) is 0 Å². The lowest BCUT2D eigenvalue weighted by Crippen LogP contribution is -2.63. The SMILES string of the molecule is C=C/C(=C\C)OCC12CC(C1)C(=O)NC2=O. The van der Waals surface area contributed by atoms with Crippen LogP contribution < -0.4 is 5.32 Å². The van der Waals surface area contributed by atoms with Gasteiger partial charge in [0.15, 0.2) is 0 Å². The summed E-state index contributed by atoms with van der Waals surface area (Å²) in [7, 11) is 0. The van der Waals surface area contributed by atoms with E-state index in [1.807, 2.05) is 6.92 Å². The van der Waals surface area contributed by atoms with E-state index >= 15 is 0 Å². The Morgan fingerprint density at radius 1 is 1.62 bits per heavy atom. The van der Waals surface area contributed by atoms with Crippen LogP contribution in [0.1, 0.15) is 19.8 Å². The molecule has 2 saturated heterocycles. The van der Waals surface area contributed by atoms with E-state index in [0.29, 0.717) is 25.2 Å². The summed E-state index contributed by atoms with van der Waals surface area (Å²) >= 11 is 0. The molecule has 0 radical (unpaired) electrons. The van der Waals surface area contributed by atoms with Gasteiger partial charge in [-0.2, -0.15) is 0 Å². The van der Waals surface area contributed by atoms with Gasteiger partial charge in [-0.25, -0.2) is 0 Å². The predicted octanol–water partition coefficient (Wildman–Crippen LogP) is 1.15. The van der Waals surface area contributed by atoms with Gasteiger partial charge in [0.1, 0.15) is 12.4 Å². The van der Waals surface area contributed by atoms with E-state index in [-0.39, 0.29) is 17.7 Å². The molecule has 3 fully saturated rings. The number of rotatable bonds is 4. The number of hydrogen-bond acceptors (Lipinski definition) is 3. The number of nitrogens with one attached hydrogen (secondary N) is 1. The summed E-state index contributed by atoms with van der Waals surface area (Å²) in [6, 6.07) is 0. The van der Waals surface area contributed by atoms with E-state index in [0.717, 1.165) is 0 Å². The molecule has 1 aliphatic carbocycles. The fraction of sp³-hybridized carbons (Fsp3) is 0.500. The zero-order valence-electron chi connectivity index (χ0n) is 9.29. The lowest BCUT2D eigenvalue weighted by atomic mass is 9.59. The summed E-state index contributed by atoms with van der Waals surface area (Å²) < 4.78 is 5.50. The normalized spacial score (nSPS) is 32.8. The topological polar surface area (TPSA) is 55.4 Å². The number of carbonyl (C=O) groups is 2. The molecular weight excluding hydrogens is 206 g/mol. The molecule has 0 aromatic rings. The first-order valence-electron chi connectivity index (χ1n) is 5.38. The fourth-order valence-electron chi connectivity index (χ4n) is 2.27. The average Bonchev–Trinajstić information content (AvgIpc) is 2.20. The number of carbonyl (C=O) groups excluding carboxylic acids is 2. The second kappa shape index (κ2) is 3.77. The van der Waals surface area contributed by atoms with E-state index in [9.17, 15) is 9.59 Å². The van der Waals surface area contributed by atoms with E-state index in [4.69, 9.17) is 4.74 Å². The standard InChI is InChI=1S/C12H15NO3/c1-3-9(4-2)16-7-12-5-8(6-12)10(14)13-11(12)15/h3-4,8H,1,5-7H2,2H3,(H,13,14,15)/b9-4+. The lowest BCUT2D eigenvalue weighted by molar-refractivity contribution is -0.163. The molecule has 1 N–H and O–H groups in total. The minimum Gasteiger partial charge on any atom is -0.493 e. The van der Waals surface area contributed by atoms with Gasteiger partial charge in [-0.3, -0.25) is 14.9 Å². The van der Waals surface area contributed by atoms with Crippen molar-refractivity contribution in [2.24, 2.45) is 11.3 Å². The second-order valence-electron chi connectivity index (χ2n) is 4.39. The molecule has 0 aromatic carbocycles. The van der Waals surface area contributed by atoms with Crippen molar-refractivity contribution in [3.8, 4) is 0 Å². The van der Waals surface area contributed by atoms with Crippen molar-refractivity contribution in [2.75, 3.05) is 6.61 Å². The van der Waals surface area contributed by atoms with Crippen LogP contribution in [0.25, 0.3) is 0 Å². The van der Waals surface area contributed by atoms with Gasteiger partial charge in [0, 0.05) is 5.92 Å². The van der Waals surface area contributed by atoms with Crippen LogP contribution in [-0.4, -0.2) is 18.4 Å². The Labute approximate surface area is 94.3 Å². The van der Waals surface area contributed by atoms with Gasteiger partial charge in [0.2, 0.25) is 11.8 Å². The minimum absolute atomic E-state index is 0.000845. The van der Waals surface area contributed by atoms with Gasteiger partial charge in [-0.1, -0.05) is 6.58 Å². The van der Waals surface area contributed by atoms with Gasteiger partial charge in [0.05, 0.1) is 5.41 Å². The maximum absolute atomic E-state index is 11.7. The summed E-state index contributed by atoms with van der Waals surface area (Å²) in [5, 5.41) is 2.38. The first-order valence-corrected chi connectivity index (χ1v) is 5.38. The molecule has 16 heavy (non-hydrogen) atoms. The van der Waals surface area contributed by atoms with Gasteiger partial charge < -0.3 is 4.74 Å². The first kappa shape index (κ1) is 10.9. The number of amides is 2. The maximum Gasteiger partial charge on any atom is 0.236 e. The predicted molar refractivity (Wildman–Crippen MR) is 58.2 cm³/mol. The highest BCUT2D eigenvalue weighted by atomic mass is 16.5. The fourth-order valence-corrected chi connectivity index (χ4v) is 2.27. The van der Waals surface area contributed by atoms with Gasteiger partial charge in [-0.05, 0) is 31.9 Å². The highest BCUT2D eigenvalue weighted by molar-refractivity contribution is 6.04. The molecule has 0 spiro atoms. The van der Waals surface area contributed by atoms with E-state index in [1.54, 1.807) is 12.2 Å². The third kappa shape index (κ3) is 1.54. The summed E-state index contributed by atoms with van der Waals surface area (Å²) in [6.45, 7) is 5.79. The summed E-state index contributed by atoms with van der Waals surface area (Å²) in [4.78, 5) is 22.9. The van der Waals surface area contributed by atoms with Gasteiger partial charge >= 0.3 is 0 Å². The van der Waals surface area contributed by atoms with Crippen LogP contribution in [0.5, 0.6) is 0 Å². The van der Waals surface area contributed by atoms with E-state index in [2.05, 4.69) is 11.9 Å². The number of imide groups is 1. The molecule has 2 bridgehead atoms. The van der Waals surface area contributed by atoms with Crippen molar-refractivity contribution >= 4 is 11.8 Å². The van der Waals surface area contributed by atoms with Crippen LogP contribution in [0, 0.1) is 11.3 Å². The van der Waals surface area contributed by atoms with Crippen LogP contribution in [-0.2, 0) is 14.3 Å². The summed E-state index contributed by atoms with van der Waals surface area (Å²) in [5.74, 6) is 0.336. The molecule has 2 aliphatic heterocycles. The number of fused-ring (bicyclic) bond motifs is 2. The van der Waals surface area contributed by atoms with Crippen molar-refractivity contribution in [1.29, 1.82) is 0 Å². The van der Waals surface area contributed by atoms with Crippen molar-refractivity contribution < 1.29 is 14.3 Å². The van der Waals surface area contributed by atoms with Gasteiger partial charge in [-0.15, -0.1) is 0 Å². The van der Waals surface area contributed by atoms with Crippen molar-refractivity contribution in [3.05, 3.63) is 24.5 Å². The Hall–Kier alpha value is -1.58. The largest absolute Gasteiger partial charge is 0.493 e. The Kier molecular flexibility index (Phi) is 2.58. The van der Waals surface area contributed by atoms with Crippen molar-refractivity contribution in [2.45, 2.75) is 19.8 Å². The third-order valence-electron chi connectivity index (χ3n) is 3.36.